The molecule has 2 aromatic carbocycles. The standard InChI is InChI=1S/C17H18ClI/c1-4-12-6-7-17(18)16(9-12)15-10-13(19)8-11(3)14(15)5-2/h6-10H,4-5H2,1-3H3. The zero-order valence-corrected chi connectivity index (χ0v) is 14.5. The Hall–Kier alpha value is -0.540. The van der Waals surface area contributed by atoms with Crippen molar-refractivity contribution in [1.29, 1.82) is 0 Å². The van der Waals surface area contributed by atoms with Gasteiger partial charge in [-0.15, -0.1) is 0 Å². The van der Waals surface area contributed by atoms with Crippen molar-refractivity contribution in [3.05, 3.63) is 55.6 Å². The maximum absolute atomic E-state index is 6.42. The first-order valence-electron chi connectivity index (χ1n) is 6.64. The molecular formula is C17H18ClI. The van der Waals surface area contributed by atoms with Gasteiger partial charge in [0, 0.05) is 14.2 Å². The first kappa shape index (κ1) is 14.9. The van der Waals surface area contributed by atoms with Crippen molar-refractivity contribution in [2.45, 2.75) is 33.6 Å². The van der Waals surface area contributed by atoms with Crippen LogP contribution in [0.15, 0.2) is 30.3 Å². The van der Waals surface area contributed by atoms with Gasteiger partial charge in [0.1, 0.15) is 0 Å². The van der Waals surface area contributed by atoms with E-state index in [9.17, 15) is 0 Å². The fraction of sp³-hybridized carbons (Fsp3) is 0.294. The summed E-state index contributed by atoms with van der Waals surface area (Å²) in [6.07, 6.45) is 2.07. The van der Waals surface area contributed by atoms with E-state index in [2.05, 4.69) is 67.6 Å². The lowest BCUT2D eigenvalue weighted by Crippen LogP contribution is -1.95. The Balaban J connectivity index is 2.70. The Labute approximate surface area is 134 Å². The zero-order chi connectivity index (χ0) is 14.0. The van der Waals surface area contributed by atoms with E-state index < -0.39 is 0 Å². The topological polar surface area (TPSA) is 0 Å². The highest BCUT2D eigenvalue weighted by Crippen LogP contribution is 2.34. The highest BCUT2D eigenvalue weighted by molar-refractivity contribution is 14.1. The van der Waals surface area contributed by atoms with Crippen molar-refractivity contribution >= 4 is 34.2 Å². The molecule has 0 spiro atoms. The summed E-state index contributed by atoms with van der Waals surface area (Å²) in [5.41, 5.74) is 6.53. The Kier molecular flexibility index (Phi) is 4.91. The van der Waals surface area contributed by atoms with Gasteiger partial charge in [0.15, 0.2) is 0 Å². The molecule has 0 aliphatic rings. The van der Waals surface area contributed by atoms with E-state index in [1.54, 1.807) is 0 Å². The van der Waals surface area contributed by atoms with Crippen molar-refractivity contribution < 1.29 is 0 Å². The molecule has 0 aliphatic heterocycles. The molecule has 19 heavy (non-hydrogen) atoms. The summed E-state index contributed by atoms with van der Waals surface area (Å²) >= 11 is 8.80. The van der Waals surface area contributed by atoms with Crippen LogP contribution in [0.5, 0.6) is 0 Å². The van der Waals surface area contributed by atoms with Crippen LogP contribution in [0.2, 0.25) is 5.02 Å². The second-order valence-electron chi connectivity index (χ2n) is 4.77. The van der Waals surface area contributed by atoms with Gasteiger partial charge in [-0.3, -0.25) is 0 Å². The lowest BCUT2D eigenvalue weighted by atomic mass is 9.93. The van der Waals surface area contributed by atoms with Crippen LogP contribution >= 0.6 is 34.2 Å². The summed E-state index contributed by atoms with van der Waals surface area (Å²) in [4.78, 5) is 0. The fourth-order valence-corrected chi connectivity index (χ4v) is 3.48. The molecular weight excluding hydrogens is 367 g/mol. The maximum Gasteiger partial charge on any atom is 0.0484 e. The molecule has 0 atom stereocenters. The van der Waals surface area contributed by atoms with Crippen LogP contribution in [0.3, 0.4) is 0 Å². The third kappa shape index (κ3) is 3.14. The molecule has 0 radical (unpaired) electrons. The van der Waals surface area contributed by atoms with E-state index >= 15 is 0 Å². The van der Waals surface area contributed by atoms with Gasteiger partial charge in [-0.2, -0.15) is 0 Å². The van der Waals surface area contributed by atoms with Gasteiger partial charge in [-0.1, -0.05) is 31.5 Å². The summed E-state index contributed by atoms with van der Waals surface area (Å²) in [6.45, 7) is 6.56. The number of halogens is 2. The van der Waals surface area contributed by atoms with Crippen LogP contribution in [-0.2, 0) is 12.8 Å². The minimum atomic E-state index is 0.841. The number of hydrogen-bond acceptors (Lipinski definition) is 0. The molecule has 0 aliphatic carbocycles. The smallest absolute Gasteiger partial charge is 0.0484 e. The predicted molar refractivity (Wildman–Crippen MR) is 93.1 cm³/mol. The van der Waals surface area contributed by atoms with Gasteiger partial charge >= 0.3 is 0 Å². The minimum Gasteiger partial charge on any atom is -0.0837 e. The van der Waals surface area contributed by atoms with Crippen molar-refractivity contribution in [2.75, 3.05) is 0 Å². The largest absolute Gasteiger partial charge is 0.0837 e. The second-order valence-corrected chi connectivity index (χ2v) is 6.42. The van der Waals surface area contributed by atoms with Gasteiger partial charge in [-0.05, 0) is 88.9 Å². The Bertz CT molecular complexity index is 602. The lowest BCUT2D eigenvalue weighted by Gasteiger charge is -2.14. The normalized spacial score (nSPS) is 10.8. The Morgan fingerprint density at radius 1 is 1.00 bits per heavy atom. The summed E-state index contributed by atoms with van der Waals surface area (Å²) < 4.78 is 1.26. The van der Waals surface area contributed by atoms with Gasteiger partial charge in [0.2, 0.25) is 0 Å². The number of rotatable bonds is 3. The summed E-state index contributed by atoms with van der Waals surface area (Å²) in [6, 6.07) is 10.8. The summed E-state index contributed by atoms with van der Waals surface area (Å²) in [7, 11) is 0. The highest BCUT2D eigenvalue weighted by Gasteiger charge is 2.11. The van der Waals surface area contributed by atoms with Gasteiger partial charge in [-0.25, -0.2) is 0 Å². The van der Waals surface area contributed by atoms with E-state index in [0.29, 0.717) is 0 Å². The van der Waals surface area contributed by atoms with Crippen molar-refractivity contribution in [2.24, 2.45) is 0 Å². The second kappa shape index (κ2) is 6.27. The van der Waals surface area contributed by atoms with Crippen LogP contribution in [-0.4, -0.2) is 0 Å². The molecule has 0 heterocycles. The van der Waals surface area contributed by atoms with E-state index in [4.69, 9.17) is 11.6 Å². The fourth-order valence-electron chi connectivity index (χ4n) is 2.48. The van der Waals surface area contributed by atoms with Crippen LogP contribution in [0.25, 0.3) is 11.1 Å². The molecule has 2 rings (SSSR count). The van der Waals surface area contributed by atoms with E-state index in [-0.39, 0.29) is 0 Å². The van der Waals surface area contributed by atoms with Gasteiger partial charge in [0.25, 0.3) is 0 Å². The zero-order valence-electron chi connectivity index (χ0n) is 11.6. The molecule has 0 bridgehead atoms. The molecule has 0 saturated heterocycles. The number of aryl methyl sites for hydroxylation is 2. The molecule has 0 saturated carbocycles. The molecule has 100 valence electrons. The average Bonchev–Trinajstić information content (AvgIpc) is 2.38. The molecule has 0 unspecified atom stereocenters. The third-order valence-corrected chi connectivity index (χ3v) is 4.47. The Morgan fingerprint density at radius 3 is 2.37 bits per heavy atom. The minimum absolute atomic E-state index is 0.841. The predicted octanol–water partition coefficient (Wildman–Crippen LogP) is 6.04. The molecule has 0 N–H and O–H groups in total. The van der Waals surface area contributed by atoms with Crippen LogP contribution in [0.4, 0.5) is 0 Å². The SMILES string of the molecule is CCc1ccc(Cl)c(-c2cc(I)cc(C)c2CC)c1. The summed E-state index contributed by atoms with van der Waals surface area (Å²) in [5.74, 6) is 0. The summed E-state index contributed by atoms with van der Waals surface area (Å²) in [5, 5.41) is 0.841. The van der Waals surface area contributed by atoms with Gasteiger partial charge in [0.05, 0.1) is 0 Å². The van der Waals surface area contributed by atoms with Crippen LogP contribution in [0.1, 0.15) is 30.5 Å². The van der Waals surface area contributed by atoms with Crippen LogP contribution in [0, 0.1) is 10.5 Å². The molecule has 0 aromatic heterocycles. The van der Waals surface area contributed by atoms with Crippen molar-refractivity contribution in [3.8, 4) is 11.1 Å². The van der Waals surface area contributed by atoms with E-state index in [1.807, 2.05) is 6.07 Å². The Morgan fingerprint density at radius 2 is 1.74 bits per heavy atom. The number of hydrogen-bond donors (Lipinski definition) is 0. The molecule has 0 nitrogen and oxygen atoms in total. The quantitative estimate of drug-likeness (QED) is 0.565. The molecule has 0 amide bonds. The maximum atomic E-state index is 6.42. The average molecular weight is 385 g/mol. The molecule has 2 heteroatoms. The first-order chi connectivity index (χ1) is 9.06. The van der Waals surface area contributed by atoms with Crippen molar-refractivity contribution in [1.82, 2.24) is 0 Å². The lowest BCUT2D eigenvalue weighted by molar-refractivity contribution is 1.11. The third-order valence-electron chi connectivity index (χ3n) is 3.52. The van der Waals surface area contributed by atoms with Gasteiger partial charge < -0.3 is 0 Å². The van der Waals surface area contributed by atoms with E-state index in [1.165, 1.54) is 31.4 Å². The first-order valence-corrected chi connectivity index (χ1v) is 8.10. The number of benzene rings is 2. The molecule has 2 aromatic rings. The molecule has 0 fully saturated rings. The van der Waals surface area contributed by atoms with E-state index in [0.717, 1.165) is 17.9 Å². The van der Waals surface area contributed by atoms with Crippen molar-refractivity contribution in [3.63, 3.8) is 0 Å². The van der Waals surface area contributed by atoms with Crippen LogP contribution < -0.4 is 0 Å². The monoisotopic (exact) mass is 384 g/mol. The highest BCUT2D eigenvalue weighted by atomic mass is 127.